The normalized spacial score (nSPS) is 10.6. The van der Waals surface area contributed by atoms with E-state index in [0.29, 0.717) is 18.3 Å². The SMILES string of the molecule is Cc1ccc(Br)c(NCc2nnc(-c3ccccc3)o2)c1. The lowest BCUT2D eigenvalue weighted by atomic mass is 10.2. The van der Waals surface area contributed by atoms with Crippen LogP contribution in [0, 0.1) is 6.92 Å². The van der Waals surface area contributed by atoms with Crippen molar-refractivity contribution in [3.05, 3.63) is 64.5 Å². The van der Waals surface area contributed by atoms with Crippen LogP contribution >= 0.6 is 15.9 Å². The molecule has 1 N–H and O–H groups in total. The van der Waals surface area contributed by atoms with E-state index in [-0.39, 0.29) is 0 Å². The Bertz CT molecular complexity index is 740. The van der Waals surface area contributed by atoms with Crippen molar-refractivity contribution in [1.29, 1.82) is 0 Å². The van der Waals surface area contributed by atoms with Crippen LogP contribution in [-0.4, -0.2) is 10.2 Å². The molecule has 0 saturated carbocycles. The molecule has 0 atom stereocenters. The Morgan fingerprint density at radius 3 is 2.71 bits per heavy atom. The molecule has 106 valence electrons. The second-order valence-electron chi connectivity index (χ2n) is 4.70. The molecule has 1 aromatic heterocycles. The van der Waals surface area contributed by atoms with Crippen LogP contribution in [-0.2, 0) is 6.54 Å². The largest absolute Gasteiger partial charge is 0.419 e. The van der Waals surface area contributed by atoms with Crippen LogP contribution in [0.1, 0.15) is 11.5 Å². The minimum Gasteiger partial charge on any atom is -0.419 e. The molecule has 21 heavy (non-hydrogen) atoms. The Labute approximate surface area is 131 Å². The maximum Gasteiger partial charge on any atom is 0.247 e. The topological polar surface area (TPSA) is 51.0 Å². The van der Waals surface area contributed by atoms with Gasteiger partial charge in [-0.2, -0.15) is 0 Å². The number of anilines is 1. The van der Waals surface area contributed by atoms with Crippen molar-refractivity contribution in [1.82, 2.24) is 10.2 Å². The van der Waals surface area contributed by atoms with Gasteiger partial charge in [-0.25, -0.2) is 0 Å². The Hall–Kier alpha value is -2.14. The number of rotatable bonds is 4. The summed E-state index contributed by atoms with van der Waals surface area (Å²) in [5.74, 6) is 1.10. The molecule has 2 aromatic carbocycles. The molecule has 0 fully saturated rings. The monoisotopic (exact) mass is 343 g/mol. The maximum absolute atomic E-state index is 5.66. The lowest BCUT2D eigenvalue weighted by Gasteiger charge is -2.07. The number of aryl methyl sites for hydroxylation is 1. The van der Waals surface area contributed by atoms with Gasteiger partial charge in [-0.15, -0.1) is 10.2 Å². The lowest BCUT2D eigenvalue weighted by Crippen LogP contribution is -2.00. The Balaban J connectivity index is 1.72. The highest BCUT2D eigenvalue weighted by Gasteiger charge is 2.08. The van der Waals surface area contributed by atoms with Crippen LogP contribution in [0.3, 0.4) is 0 Å². The van der Waals surface area contributed by atoms with Crippen molar-refractivity contribution in [2.24, 2.45) is 0 Å². The first kappa shape index (κ1) is 13.8. The minimum absolute atomic E-state index is 0.488. The van der Waals surface area contributed by atoms with E-state index in [2.05, 4.69) is 50.5 Å². The summed E-state index contributed by atoms with van der Waals surface area (Å²) in [6, 6.07) is 15.9. The summed E-state index contributed by atoms with van der Waals surface area (Å²) >= 11 is 3.52. The number of halogens is 1. The van der Waals surface area contributed by atoms with Gasteiger partial charge in [-0.3, -0.25) is 0 Å². The predicted molar refractivity (Wildman–Crippen MR) is 85.9 cm³/mol. The average Bonchev–Trinajstić information content (AvgIpc) is 2.98. The molecule has 0 saturated heterocycles. The van der Waals surface area contributed by atoms with Gasteiger partial charge in [-0.1, -0.05) is 24.3 Å². The van der Waals surface area contributed by atoms with Crippen LogP contribution in [0.4, 0.5) is 5.69 Å². The van der Waals surface area contributed by atoms with Crippen molar-refractivity contribution in [3.8, 4) is 11.5 Å². The summed E-state index contributed by atoms with van der Waals surface area (Å²) in [5, 5.41) is 11.4. The van der Waals surface area contributed by atoms with Gasteiger partial charge < -0.3 is 9.73 Å². The molecule has 0 unspecified atom stereocenters. The van der Waals surface area contributed by atoms with Gasteiger partial charge in [-0.05, 0) is 52.7 Å². The predicted octanol–water partition coefficient (Wildman–Crippen LogP) is 4.42. The van der Waals surface area contributed by atoms with Crippen LogP contribution in [0.2, 0.25) is 0 Å². The van der Waals surface area contributed by atoms with Crippen molar-refractivity contribution < 1.29 is 4.42 Å². The van der Waals surface area contributed by atoms with Crippen LogP contribution in [0.25, 0.3) is 11.5 Å². The molecule has 0 aliphatic heterocycles. The zero-order valence-corrected chi connectivity index (χ0v) is 13.1. The van der Waals surface area contributed by atoms with Gasteiger partial charge in [0.2, 0.25) is 11.8 Å². The number of hydrogen-bond donors (Lipinski definition) is 1. The van der Waals surface area contributed by atoms with E-state index in [9.17, 15) is 0 Å². The van der Waals surface area contributed by atoms with Gasteiger partial charge in [0.05, 0.1) is 6.54 Å². The first-order valence-corrected chi connectivity index (χ1v) is 7.39. The third-order valence-electron chi connectivity index (χ3n) is 3.04. The minimum atomic E-state index is 0.488. The van der Waals surface area contributed by atoms with Crippen LogP contribution in [0.5, 0.6) is 0 Å². The maximum atomic E-state index is 5.66. The first-order chi connectivity index (χ1) is 10.2. The Morgan fingerprint density at radius 1 is 1.10 bits per heavy atom. The Kier molecular flexibility index (Phi) is 4.01. The quantitative estimate of drug-likeness (QED) is 0.761. The third kappa shape index (κ3) is 3.31. The van der Waals surface area contributed by atoms with Gasteiger partial charge in [0.15, 0.2) is 0 Å². The van der Waals surface area contributed by atoms with Crippen molar-refractivity contribution >= 4 is 21.6 Å². The van der Waals surface area contributed by atoms with E-state index in [0.717, 1.165) is 15.7 Å². The average molecular weight is 344 g/mol. The van der Waals surface area contributed by atoms with Gasteiger partial charge in [0.1, 0.15) is 0 Å². The fourth-order valence-electron chi connectivity index (χ4n) is 1.97. The summed E-state index contributed by atoms with van der Waals surface area (Å²) in [6.45, 7) is 2.54. The third-order valence-corrected chi connectivity index (χ3v) is 3.73. The van der Waals surface area contributed by atoms with E-state index in [1.165, 1.54) is 5.56 Å². The molecule has 3 rings (SSSR count). The molecule has 0 aliphatic rings. The highest BCUT2D eigenvalue weighted by atomic mass is 79.9. The van der Waals surface area contributed by atoms with Crippen molar-refractivity contribution in [2.75, 3.05) is 5.32 Å². The summed E-state index contributed by atoms with van der Waals surface area (Å²) in [5.41, 5.74) is 3.12. The van der Waals surface area contributed by atoms with Gasteiger partial charge in [0, 0.05) is 15.7 Å². The second-order valence-corrected chi connectivity index (χ2v) is 5.56. The molecule has 3 aromatic rings. The number of nitrogens with zero attached hydrogens (tertiary/aromatic N) is 2. The van der Waals surface area contributed by atoms with E-state index < -0.39 is 0 Å². The number of nitrogens with one attached hydrogen (secondary N) is 1. The van der Waals surface area contributed by atoms with E-state index in [1.807, 2.05) is 36.4 Å². The van der Waals surface area contributed by atoms with Gasteiger partial charge >= 0.3 is 0 Å². The molecule has 4 nitrogen and oxygen atoms in total. The zero-order chi connectivity index (χ0) is 14.7. The van der Waals surface area contributed by atoms with Crippen LogP contribution < -0.4 is 5.32 Å². The summed E-state index contributed by atoms with van der Waals surface area (Å²) in [7, 11) is 0. The second kappa shape index (κ2) is 6.10. The highest BCUT2D eigenvalue weighted by molar-refractivity contribution is 9.10. The standard InChI is InChI=1S/C16H14BrN3O/c1-11-7-8-13(17)14(9-11)18-10-15-19-20-16(21-15)12-5-3-2-4-6-12/h2-9,18H,10H2,1H3. The first-order valence-electron chi connectivity index (χ1n) is 6.60. The molecular weight excluding hydrogens is 330 g/mol. The number of aromatic nitrogens is 2. The molecule has 0 bridgehead atoms. The van der Waals surface area contributed by atoms with Crippen molar-refractivity contribution in [3.63, 3.8) is 0 Å². The molecule has 5 heteroatoms. The molecule has 0 aliphatic carbocycles. The number of hydrogen-bond acceptors (Lipinski definition) is 4. The lowest BCUT2D eigenvalue weighted by molar-refractivity contribution is 0.515. The molecule has 0 spiro atoms. The summed E-state index contributed by atoms with van der Waals surface area (Å²) in [6.07, 6.45) is 0. The van der Waals surface area contributed by atoms with Crippen LogP contribution in [0.15, 0.2) is 57.4 Å². The Morgan fingerprint density at radius 2 is 1.90 bits per heavy atom. The molecule has 1 heterocycles. The van der Waals surface area contributed by atoms with E-state index in [4.69, 9.17) is 4.42 Å². The fourth-order valence-corrected chi connectivity index (χ4v) is 2.35. The number of benzene rings is 2. The molecule has 0 amide bonds. The van der Waals surface area contributed by atoms with E-state index >= 15 is 0 Å². The molecule has 0 radical (unpaired) electrons. The van der Waals surface area contributed by atoms with E-state index in [1.54, 1.807) is 0 Å². The zero-order valence-electron chi connectivity index (χ0n) is 11.5. The highest BCUT2D eigenvalue weighted by Crippen LogP contribution is 2.24. The van der Waals surface area contributed by atoms with Gasteiger partial charge in [0.25, 0.3) is 0 Å². The summed E-state index contributed by atoms with van der Waals surface area (Å²) in [4.78, 5) is 0. The summed E-state index contributed by atoms with van der Waals surface area (Å²) < 4.78 is 6.67. The van der Waals surface area contributed by atoms with Crippen molar-refractivity contribution in [2.45, 2.75) is 13.5 Å². The fraction of sp³-hybridized carbons (Fsp3) is 0.125. The smallest absolute Gasteiger partial charge is 0.247 e. The molecular formula is C16H14BrN3O.